The topological polar surface area (TPSA) is 64.2 Å². The van der Waals surface area contributed by atoms with Crippen molar-refractivity contribution in [1.82, 2.24) is 9.97 Å². The lowest BCUT2D eigenvalue weighted by Gasteiger charge is -2.09. The van der Waals surface area contributed by atoms with Gasteiger partial charge < -0.3 is 14.5 Å². The number of terminal acetylenes is 1. The Bertz CT molecular complexity index is 640. The molecule has 17 heavy (non-hydrogen) atoms. The summed E-state index contributed by atoms with van der Waals surface area (Å²) in [6.07, 6.45) is 6.45. The average Bonchev–Trinajstić information content (AvgIpc) is 2.36. The SMILES string of the molecule is C#CCOc1cc2nc[nH]c(=O)c2cc1OC. The summed E-state index contributed by atoms with van der Waals surface area (Å²) in [6.45, 7) is 0.130. The molecule has 0 amide bonds. The molecular weight excluding hydrogens is 220 g/mol. The molecule has 0 fully saturated rings. The minimum Gasteiger partial charge on any atom is -0.493 e. The number of nitrogens with zero attached hydrogens (tertiary/aromatic N) is 1. The molecule has 0 aliphatic carbocycles. The maximum absolute atomic E-state index is 11.5. The normalized spacial score (nSPS) is 9.88. The minimum atomic E-state index is -0.225. The van der Waals surface area contributed by atoms with Gasteiger partial charge in [-0.25, -0.2) is 4.98 Å². The van der Waals surface area contributed by atoms with Gasteiger partial charge in [-0.3, -0.25) is 4.79 Å². The second kappa shape index (κ2) is 4.58. The van der Waals surface area contributed by atoms with Crippen LogP contribution in [-0.2, 0) is 0 Å². The zero-order chi connectivity index (χ0) is 12.3. The highest BCUT2D eigenvalue weighted by Crippen LogP contribution is 2.29. The van der Waals surface area contributed by atoms with Crippen molar-refractivity contribution in [2.24, 2.45) is 0 Å². The molecule has 0 aliphatic heterocycles. The van der Waals surface area contributed by atoms with E-state index in [1.165, 1.54) is 13.4 Å². The van der Waals surface area contributed by atoms with Gasteiger partial charge in [0, 0.05) is 6.07 Å². The van der Waals surface area contributed by atoms with Gasteiger partial charge in [0.05, 0.1) is 24.3 Å². The summed E-state index contributed by atoms with van der Waals surface area (Å²) < 4.78 is 10.4. The van der Waals surface area contributed by atoms with Gasteiger partial charge >= 0.3 is 0 Å². The molecule has 2 aromatic rings. The molecule has 0 aliphatic rings. The maximum Gasteiger partial charge on any atom is 0.258 e. The number of hydrogen-bond acceptors (Lipinski definition) is 4. The lowest BCUT2D eigenvalue weighted by Crippen LogP contribution is -2.07. The van der Waals surface area contributed by atoms with E-state index < -0.39 is 0 Å². The summed E-state index contributed by atoms with van der Waals surface area (Å²) >= 11 is 0. The number of benzene rings is 1. The summed E-state index contributed by atoms with van der Waals surface area (Å²) in [5, 5.41) is 0.442. The average molecular weight is 230 g/mol. The third-order valence-electron chi connectivity index (χ3n) is 2.24. The fourth-order valence-corrected chi connectivity index (χ4v) is 1.47. The van der Waals surface area contributed by atoms with Crippen molar-refractivity contribution in [3.05, 3.63) is 28.8 Å². The van der Waals surface area contributed by atoms with Crippen molar-refractivity contribution in [2.45, 2.75) is 0 Å². The largest absolute Gasteiger partial charge is 0.493 e. The maximum atomic E-state index is 11.5. The fourth-order valence-electron chi connectivity index (χ4n) is 1.47. The lowest BCUT2D eigenvalue weighted by molar-refractivity contribution is 0.331. The number of aromatic nitrogens is 2. The van der Waals surface area contributed by atoms with Crippen molar-refractivity contribution >= 4 is 10.9 Å². The molecule has 1 heterocycles. The first-order chi connectivity index (χ1) is 8.26. The lowest BCUT2D eigenvalue weighted by atomic mass is 10.2. The van der Waals surface area contributed by atoms with E-state index in [0.29, 0.717) is 22.4 Å². The first kappa shape index (κ1) is 11.0. The van der Waals surface area contributed by atoms with Gasteiger partial charge in [-0.1, -0.05) is 5.92 Å². The molecule has 0 unspecified atom stereocenters. The minimum absolute atomic E-state index is 0.130. The number of fused-ring (bicyclic) bond motifs is 1. The zero-order valence-electron chi connectivity index (χ0n) is 9.19. The molecule has 0 radical (unpaired) electrons. The van der Waals surface area contributed by atoms with Crippen LogP contribution in [0.4, 0.5) is 0 Å². The molecule has 1 aromatic carbocycles. The zero-order valence-corrected chi connectivity index (χ0v) is 9.19. The highest BCUT2D eigenvalue weighted by molar-refractivity contribution is 5.81. The van der Waals surface area contributed by atoms with Gasteiger partial charge in [0.25, 0.3) is 5.56 Å². The molecule has 5 nitrogen and oxygen atoms in total. The van der Waals surface area contributed by atoms with Crippen LogP contribution in [0, 0.1) is 12.3 Å². The van der Waals surface area contributed by atoms with E-state index in [1.807, 2.05) is 0 Å². The fraction of sp³-hybridized carbons (Fsp3) is 0.167. The van der Waals surface area contributed by atoms with Crippen LogP contribution in [0.15, 0.2) is 23.3 Å². The monoisotopic (exact) mass is 230 g/mol. The van der Waals surface area contributed by atoms with Gasteiger partial charge in [0.1, 0.15) is 6.61 Å². The van der Waals surface area contributed by atoms with Gasteiger partial charge in [-0.05, 0) is 6.07 Å². The third kappa shape index (κ3) is 2.06. The molecule has 86 valence electrons. The summed E-state index contributed by atoms with van der Waals surface area (Å²) in [6, 6.07) is 3.20. The number of hydrogen-bond donors (Lipinski definition) is 1. The molecule has 0 atom stereocenters. The van der Waals surface area contributed by atoms with Crippen LogP contribution in [0.2, 0.25) is 0 Å². The Hall–Kier alpha value is -2.48. The molecule has 0 saturated carbocycles. The summed E-state index contributed by atoms with van der Waals surface area (Å²) in [5.74, 6) is 3.28. The molecule has 2 rings (SSSR count). The van der Waals surface area contributed by atoms with Crippen LogP contribution >= 0.6 is 0 Å². The van der Waals surface area contributed by atoms with E-state index in [4.69, 9.17) is 15.9 Å². The number of rotatable bonds is 3. The number of methoxy groups -OCH3 is 1. The first-order valence-electron chi connectivity index (χ1n) is 4.88. The van der Waals surface area contributed by atoms with Crippen LogP contribution < -0.4 is 15.0 Å². The van der Waals surface area contributed by atoms with Gasteiger partial charge in [0.2, 0.25) is 0 Å². The quantitative estimate of drug-likeness (QED) is 0.797. The molecule has 5 heteroatoms. The van der Waals surface area contributed by atoms with E-state index in [2.05, 4.69) is 15.9 Å². The predicted octanol–water partition coefficient (Wildman–Crippen LogP) is 0.944. The Morgan fingerprint density at radius 3 is 3.00 bits per heavy atom. The molecule has 1 N–H and O–H groups in total. The van der Waals surface area contributed by atoms with E-state index >= 15 is 0 Å². The highest BCUT2D eigenvalue weighted by Gasteiger charge is 2.09. The number of ether oxygens (including phenoxy) is 2. The Morgan fingerprint density at radius 1 is 1.47 bits per heavy atom. The molecular formula is C12H10N2O3. The Morgan fingerprint density at radius 2 is 2.29 bits per heavy atom. The Labute approximate surface area is 97.4 Å². The van der Waals surface area contributed by atoms with Crippen LogP contribution in [0.3, 0.4) is 0 Å². The second-order valence-corrected chi connectivity index (χ2v) is 3.24. The summed E-state index contributed by atoms with van der Waals surface area (Å²) in [7, 11) is 1.49. The van der Waals surface area contributed by atoms with Crippen molar-refractivity contribution in [3.8, 4) is 23.8 Å². The predicted molar refractivity (Wildman–Crippen MR) is 63.2 cm³/mol. The number of H-pyrrole nitrogens is 1. The molecule has 1 aromatic heterocycles. The second-order valence-electron chi connectivity index (χ2n) is 3.24. The van der Waals surface area contributed by atoms with Crippen molar-refractivity contribution in [1.29, 1.82) is 0 Å². The molecule has 0 bridgehead atoms. The summed E-state index contributed by atoms with van der Waals surface area (Å²) in [5.41, 5.74) is 0.304. The standard InChI is InChI=1S/C12H10N2O3/c1-3-4-17-11-6-9-8(5-10(11)16-2)12(15)14-7-13-9/h1,5-7H,4H2,2H3,(H,13,14,15). The third-order valence-corrected chi connectivity index (χ3v) is 2.24. The van der Waals surface area contributed by atoms with E-state index in [1.54, 1.807) is 12.1 Å². The van der Waals surface area contributed by atoms with E-state index in [9.17, 15) is 4.79 Å². The van der Waals surface area contributed by atoms with Crippen LogP contribution in [-0.4, -0.2) is 23.7 Å². The van der Waals surface area contributed by atoms with Crippen molar-refractivity contribution in [3.63, 3.8) is 0 Å². The Balaban J connectivity index is 2.61. The van der Waals surface area contributed by atoms with Crippen molar-refractivity contribution in [2.75, 3.05) is 13.7 Å². The van der Waals surface area contributed by atoms with Gasteiger partial charge in [-0.15, -0.1) is 6.42 Å². The molecule has 0 spiro atoms. The van der Waals surface area contributed by atoms with Crippen molar-refractivity contribution < 1.29 is 9.47 Å². The van der Waals surface area contributed by atoms with E-state index in [-0.39, 0.29) is 12.2 Å². The first-order valence-corrected chi connectivity index (χ1v) is 4.88. The van der Waals surface area contributed by atoms with Gasteiger partial charge in [-0.2, -0.15) is 0 Å². The highest BCUT2D eigenvalue weighted by atomic mass is 16.5. The summed E-state index contributed by atoms with van der Waals surface area (Å²) in [4.78, 5) is 18.1. The van der Waals surface area contributed by atoms with Crippen LogP contribution in [0.1, 0.15) is 0 Å². The van der Waals surface area contributed by atoms with Gasteiger partial charge in [0.15, 0.2) is 11.5 Å². The smallest absolute Gasteiger partial charge is 0.258 e. The number of nitrogens with one attached hydrogen (secondary N) is 1. The Kier molecular flexibility index (Phi) is 2.97. The molecule has 0 saturated heterocycles. The van der Waals surface area contributed by atoms with Crippen LogP contribution in [0.5, 0.6) is 11.5 Å². The number of aromatic amines is 1. The van der Waals surface area contributed by atoms with E-state index in [0.717, 1.165) is 0 Å². The van der Waals surface area contributed by atoms with Crippen LogP contribution in [0.25, 0.3) is 10.9 Å².